The van der Waals surface area contributed by atoms with E-state index < -0.39 is 10.0 Å². The summed E-state index contributed by atoms with van der Waals surface area (Å²) in [5.41, 5.74) is 1.72. The minimum Gasteiger partial charge on any atom is -0.474 e. The molecule has 0 saturated carbocycles. The summed E-state index contributed by atoms with van der Waals surface area (Å²) in [5.74, 6) is 1.20. The summed E-state index contributed by atoms with van der Waals surface area (Å²) in [6, 6.07) is 7.26. The number of sulfonamides is 1. The molecule has 1 aromatic heterocycles. The second-order valence-electron chi connectivity index (χ2n) is 6.43. The van der Waals surface area contributed by atoms with Crippen molar-refractivity contribution in [2.75, 3.05) is 13.1 Å². The molecule has 0 unspecified atom stereocenters. The lowest BCUT2D eigenvalue weighted by molar-refractivity contribution is 0.129. The van der Waals surface area contributed by atoms with Gasteiger partial charge in [0.1, 0.15) is 11.9 Å². The van der Waals surface area contributed by atoms with E-state index in [4.69, 9.17) is 4.74 Å². The Kier molecular flexibility index (Phi) is 5.06. The number of benzene rings is 1. The topological polar surface area (TPSA) is 72.4 Å². The van der Waals surface area contributed by atoms with Crippen LogP contribution in [0, 0.1) is 20.8 Å². The summed E-state index contributed by atoms with van der Waals surface area (Å²) >= 11 is 0. The van der Waals surface area contributed by atoms with Gasteiger partial charge in [0.15, 0.2) is 0 Å². The zero-order valence-corrected chi connectivity index (χ0v) is 15.6. The number of piperidine rings is 1. The van der Waals surface area contributed by atoms with Crippen molar-refractivity contribution in [3.63, 3.8) is 0 Å². The van der Waals surface area contributed by atoms with Crippen molar-refractivity contribution in [2.24, 2.45) is 0 Å². The molecule has 1 aromatic carbocycles. The van der Waals surface area contributed by atoms with E-state index >= 15 is 0 Å². The van der Waals surface area contributed by atoms with E-state index in [1.807, 2.05) is 32.9 Å². The molecule has 1 aliphatic rings. The van der Waals surface area contributed by atoms with E-state index in [9.17, 15) is 8.42 Å². The second kappa shape index (κ2) is 7.09. The van der Waals surface area contributed by atoms with Crippen LogP contribution in [0.1, 0.15) is 29.8 Å². The first-order valence-corrected chi connectivity index (χ1v) is 9.84. The highest BCUT2D eigenvalue weighted by molar-refractivity contribution is 7.89. The fraction of sp³-hybridized carbons (Fsp3) is 0.444. The third-order valence-corrected chi connectivity index (χ3v) is 6.44. The van der Waals surface area contributed by atoms with E-state index in [0.717, 1.165) is 11.1 Å². The maximum absolute atomic E-state index is 12.9. The van der Waals surface area contributed by atoms with Crippen LogP contribution in [0.4, 0.5) is 0 Å². The van der Waals surface area contributed by atoms with Crippen LogP contribution in [0.25, 0.3) is 0 Å². The predicted octanol–water partition coefficient (Wildman–Crippen LogP) is 2.63. The van der Waals surface area contributed by atoms with Gasteiger partial charge in [0, 0.05) is 25.4 Å². The molecule has 2 heterocycles. The number of nitrogens with zero attached hydrogens (tertiary/aromatic N) is 3. The Morgan fingerprint density at radius 1 is 1.12 bits per heavy atom. The molecular formula is C18H23N3O3S. The Hall–Kier alpha value is -1.99. The van der Waals surface area contributed by atoms with Gasteiger partial charge in [0.25, 0.3) is 0 Å². The molecule has 6 nitrogen and oxygen atoms in total. The van der Waals surface area contributed by atoms with E-state index in [0.29, 0.717) is 42.5 Å². The molecule has 0 spiro atoms. The molecule has 134 valence electrons. The molecule has 0 aliphatic carbocycles. The van der Waals surface area contributed by atoms with Crippen LogP contribution < -0.4 is 4.74 Å². The monoisotopic (exact) mass is 361 g/mol. The Bertz CT molecular complexity index is 860. The Labute approximate surface area is 148 Å². The largest absolute Gasteiger partial charge is 0.474 e. The summed E-state index contributed by atoms with van der Waals surface area (Å²) in [4.78, 5) is 8.69. The van der Waals surface area contributed by atoms with Gasteiger partial charge in [-0.25, -0.2) is 13.4 Å². The van der Waals surface area contributed by atoms with Crippen LogP contribution in [0.2, 0.25) is 0 Å². The van der Waals surface area contributed by atoms with Crippen molar-refractivity contribution in [3.8, 4) is 5.88 Å². The minimum atomic E-state index is -3.47. The van der Waals surface area contributed by atoms with E-state index in [2.05, 4.69) is 9.97 Å². The van der Waals surface area contributed by atoms with Crippen molar-refractivity contribution < 1.29 is 13.2 Å². The molecule has 1 fully saturated rings. The summed E-state index contributed by atoms with van der Waals surface area (Å²) in [5, 5.41) is 0. The minimum absolute atomic E-state index is 0.0284. The first-order chi connectivity index (χ1) is 11.9. The molecular weight excluding hydrogens is 338 g/mol. The van der Waals surface area contributed by atoms with Crippen LogP contribution >= 0.6 is 0 Å². The molecule has 1 aliphatic heterocycles. The van der Waals surface area contributed by atoms with Crippen molar-refractivity contribution >= 4 is 10.0 Å². The van der Waals surface area contributed by atoms with Gasteiger partial charge in [-0.15, -0.1) is 0 Å². The summed E-state index contributed by atoms with van der Waals surface area (Å²) < 4.78 is 33.3. The molecule has 0 atom stereocenters. The van der Waals surface area contributed by atoms with Crippen LogP contribution in [0.5, 0.6) is 5.88 Å². The van der Waals surface area contributed by atoms with Gasteiger partial charge in [-0.1, -0.05) is 12.1 Å². The smallest absolute Gasteiger partial charge is 0.243 e. The number of ether oxygens (including phenoxy) is 1. The van der Waals surface area contributed by atoms with Gasteiger partial charge in [0.2, 0.25) is 15.9 Å². The van der Waals surface area contributed by atoms with Gasteiger partial charge in [-0.05, 0) is 50.8 Å². The zero-order valence-electron chi connectivity index (χ0n) is 14.8. The summed E-state index contributed by atoms with van der Waals surface area (Å²) in [6.45, 7) is 6.45. The highest BCUT2D eigenvalue weighted by atomic mass is 32.2. The van der Waals surface area contributed by atoms with Gasteiger partial charge >= 0.3 is 0 Å². The third kappa shape index (κ3) is 3.99. The lowest BCUT2D eigenvalue weighted by atomic mass is 10.1. The molecule has 0 bridgehead atoms. The van der Waals surface area contributed by atoms with E-state index in [1.54, 1.807) is 22.6 Å². The number of hydrogen-bond acceptors (Lipinski definition) is 5. The Morgan fingerprint density at radius 2 is 1.84 bits per heavy atom. The fourth-order valence-electron chi connectivity index (χ4n) is 2.99. The standard InChI is InChI=1S/C18H23N3O3S/c1-13-4-5-14(2)17(12-13)25(22,23)21-10-7-16(8-11-21)24-18-6-9-19-15(3)20-18/h4-6,9,12,16H,7-8,10-11H2,1-3H3. The lowest BCUT2D eigenvalue weighted by Crippen LogP contribution is -2.42. The first-order valence-electron chi connectivity index (χ1n) is 8.40. The molecule has 1 saturated heterocycles. The molecule has 0 N–H and O–H groups in total. The zero-order chi connectivity index (χ0) is 18.0. The van der Waals surface area contributed by atoms with Crippen molar-refractivity contribution in [1.29, 1.82) is 0 Å². The van der Waals surface area contributed by atoms with Crippen molar-refractivity contribution in [2.45, 2.75) is 44.6 Å². The molecule has 3 rings (SSSR count). The summed E-state index contributed by atoms with van der Waals surface area (Å²) in [6.07, 6.45) is 2.93. The summed E-state index contributed by atoms with van der Waals surface area (Å²) in [7, 11) is -3.47. The van der Waals surface area contributed by atoms with Crippen LogP contribution in [0.15, 0.2) is 35.4 Å². The average molecular weight is 361 g/mol. The van der Waals surface area contributed by atoms with Gasteiger partial charge in [-0.3, -0.25) is 0 Å². The van der Waals surface area contributed by atoms with Crippen molar-refractivity contribution in [1.82, 2.24) is 14.3 Å². The lowest BCUT2D eigenvalue weighted by Gasteiger charge is -2.31. The highest BCUT2D eigenvalue weighted by Gasteiger charge is 2.31. The van der Waals surface area contributed by atoms with Gasteiger partial charge in [0.05, 0.1) is 4.90 Å². The first kappa shape index (κ1) is 17.8. The normalized spacial score (nSPS) is 16.8. The quantitative estimate of drug-likeness (QED) is 0.837. The van der Waals surface area contributed by atoms with Crippen LogP contribution in [0.3, 0.4) is 0 Å². The molecule has 0 radical (unpaired) electrons. The molecule has 2 aromatic rings. The maximum Gasteiger partial charge on any atom is 0.243 e. The van der Waals surface area contributed by atoms with Crippen LogP contribution in [-0.2, 0) is 10.0 Å². The van der Waals surface area contributed by atoms with Gasteiger partial charge < -0.3 is 4.74 Å². The predicted molar refractivity (Wildman–Crippen MR) is 95.1 cm³/mol. The van der Waals surface area contributed by atoms with E-state index in [-0.39, 0.29) is 6.10 Å². The highest BCUT2D eigenvalue weighted by Crippen LogP contribution is 2.25. The third-order valence-electron chi connectivity index (χ3n) is 4.40. The average Bonchev–Trinajstić information content (AvgIpc) is 2.57. The van der Waals surface area contributed by atoms with Gasteiger partial charge in [-0.2, -0.15) is 9.29 Å². The molecule has 0 amide bonds. The second-order valence-corrected chi connectivity index (χ2v) is 8.34. The fourth-order valence-corrected chi connectivity index (χ4v) is 4.76. The molecule has 25 heavy (non-hydrogen) atoms. The van der Waals surface area contributed by atoms with Crippen LogP contribution in [-0.4, -0.2) is 41.9 Å². The SMILES string of the molecule is Cc1ccc(C)c(S(=O)(=O)N2CCC(Oc3ccnc(C)n3)CC2)c1. The molecule has 7 heteroatoms. The number of aromatic nitrogens is 2. The number of rotatable bonds is 4. The van der Waals surface area contributed by atoms with E-state index in [1.165, 1.54) is 0 Å². The number of hydrogen-bond donors (Lipinski definition) is 0. The Morgan fingerprint density at radius 3 is 2.52 bits per heavy atom. The van der Waals surface area contributed by atoms with Crippen molar-refractivity contribution in [3.05, 3.63) is 47.4 Å². The Balaban J connectivity index is 1.68. The maximum atomic E-state index is 12.9. The number of aryl methyl sites for hydroxylation is 3.